The second-order valence-corrected chi connectivity index (χ2v) is 8.97. The number of fused-ring (bicyclic) bond motifs is 3. The van der Waals surface area contributed by atoms with Gasteiger partial charge in [0.1, 0.15) is 12.6 Å². The maximum absolute atomic E-state index is 13.0. The van der Waals surface area contributed by atoms with Gasteiger partial charge in [0.05, 0.1) is 12.6 Å². The van der Waals surface area contributed by atoms with Crippen LogP contribution in [0.5, 0.6) is 0 Å². The summed E-state index contributed by atoms with van der Waals surface area (Å²) in [5.74, 6) is -0.772. The van der Waals surface area contributed by atoms with Gasteiger partial charge < -0.3 is 20.3 Å². The highest BCUT2D eigenvalue weighted by molar-refractivity contribution is 5.90. The molecule has 2 aliphatic heterocycles. The Labute approximate surface area is 193 Å². The Bertz CT molecular complexity index is 1020. The monoisotopic (exact) mass is 447 g/mol. The van der Waals surface area contributed by atoms with Crippen LogP contribution in [0.1, 0.15) is 42.7 Å². The van der Waals surface area contributed by atoms with Crippen molar-refractivity contribution < 1.29 is 19.1 Å². The first kappa shape index (κ1) is 21.6. The number of rotatable bonds is 6. The van der Waals surface area contributed by atoms with Crippen LogP contribution in [0.4, 0.5) is 0 Å². The van der Waals surface area contributed by atoms with Gasteiger partial charge in [-0.2, -0.15) is 0 Å². The van der Waals surface area contributed by atoms with E-state index >= 15 is 0 Å². The highest BCUT2D eigenvalue weighted by Crippen LogP contribution is 2.44. The highest BCUT2D eigenvalue weighted by Gasteiger charge is 2.37. The number of likely N-dealkylation sites (tertiary alicyclic amines) is 1. The number of benzene rings is 2. The minimum absolute atomic E-state index is 0.00916. The van der Waals surface area contributed by atoms with Crippen LogP contribution in [0.3, 0.4) is 0 Å². The Morgan fingerprint density at radius 3 is 2.33 bits per heavy atom. The van der Waals surface area contributed by atoms with Crippen LogP contribution in [0.2, 0.25) is 0 Å². The molecule has 0 bridgehead atoms. The molecule has 7 heteroatoms. The van der Waals surface area contributed by atoms with E-state index in [4.69, 9.17) is 4.74 Å². The van der Waals surface area contributed by atoms with E-state index in [1.807, 2.05) is 24.3 Å². The van der Waals surface area contributed by atoms with Crippen LogP contribution in [0, 0.1) is 0 Å². The molecule has 2 atom stereocenters. The predicted molar refractivity (Wildman–Crippen MR) is 123 cm³/mol. The molecule has 172 valence electrons. The number of hydrogen-bond acceptors (Lipinski definition) is 5. The van der Waals surface area contributed by atoms with E-state index in [2.05, 4.69) is 34.9 Å². The van der Waals surface area contributed by atoms with Gasteiger partial charge >= 0.3 is 5.97 Å². The van der Waals surface area contributed by atoms with Gasteiger partial charge in [0.2, 0.25) is 11.8 Å². The molecule has 2 saturated heterocycles. The Morgan fingerprint density at radius 2 is 1.67 bits per heavy atom. The van der Waals surface area contributed by atoms with Gasteiger partial charge in [-0.05, 0) is 54.5 Å². The number of esters is 1. The Morgan fingerprint density at radius 1 is 0.970 bits per heavy atom. The average Bonchev–Trinajstić information content (AvgIpc) is 3.60. The Balaban J connectivity index is 1.20. The fourth-order valence-electron chi connectivity index (χ4n) is 5.31. The molecule has 3 aliphatic rings. The van der Waals surface area contributed by atoms with E-state index in [1.54, 1.807) is 4.90 Å². The smallest absolute Gasteiger partial charge is 0.328 e. The molecule has 2 aromatic carbocycles. The standard InChI is InChI=1S/C26H29N3O4/c30-24(15-28-25(31)22-11-5-13-27-22)29-14-6-12-23(29)26(32)33-16-21-19-9-3-1-7-17(19)18-8-2-4-10-20(18)21/h1-4,7-10,21-23,27H,5-6,11-16H2,(H,28,31). The van der Waals surface area contributed by atoms with E-state index in [1.165, 1.54) is 11.1 Å². The molecular formula is C26H29N3O4. The lowest BCUT2D eigenvalue weighted by molar-refractivity contribution is -0.153. The minimum atomic E-state index is -0.592. The van der Waals surface area contributed by atoms with Crippen LogP contribution in [-0.4, -0.2) is 61.0 Å². The zero-order valence-corrected chi connectivity index (χ0v) is 18.6. The summed E-state index contributed by atoms with van der Waals surface area (Å²) in [6, 6.07) is 15.6. The summed E-state index contributed by atoms with van der Waals surface area (Å²) in [6.45, 7) is 1.48. The normalized spacial score (nSPS) is 21.5. The van der Waals surface area contributed by atoms with Crippen molar-refractivity contribution in [2.24, 2.45) is 0 Å². The number of ether oxygens (including phenoxy) is 1. The molecule has 2 fully saturated rings. The molecule has 33 heavy (non-hydrogen) atoms. The number of nitrogens with zero attached hydrogens (tertiary/aromatic N) is 1. The number of amides is 2. The summed E-state index contributed by atoms with van der Waals surface area (Å²) in [6.07, 6.45) is 3.08. The third-order valence-electron chi connectivity index (χ3n) is 6.99. The second kappa shape index (κ2) is 9.35. The van der Waals surface area contributed by atoms with E-state index in [9.17, 15) is 14.4 Å². The first-order valence-electron chi connectivity index (χ1n) is 11.8. The molecule has 0 aromatic heterocycles. The molecule has 2 heterocycles. The number of carbonyl (C=O) groups excluding carboxylic acids is 3. The maximum Gasteiger partial charge on any atom is 0.328 e. The summed E-state index contributed by atoms with van der Waals surface area (Å²) >= 11 is 0. The first-order chi connectivity index (χ1) is 16.1. The van der Waals surface area contributed by atoms with Gasteiger partial charge in [-0.3, -0.25) is 9.59 Å². The molecule has 0 saturated carbocycles. The molecule has 0 radical (unpaired) electrons. The zero-order valence-electron chi connectivity index (χ0n) is 18.6. The zero-order chi connectivity index (χ0) is 22.8. The van der Waals surface area contributed by atoms with Crippen LogP contribution < -0.4 is 10.6 Å². The molecule has 5 rings (SSSR count). The van der Waals surface area contributed by atoms with E-state index < -0.39 is 6.04 Å². The number of nitrogens with one attached hydrogen (secondary N) is 2. The number of hydrogen-bond donors (Lipinski definition) is 2. The third-order valence-corrected chi connectivity index (χ3v) is 6.99. The van der Waals surface area contributed by atoms with Gasteiger partial charge in [0.15, 0.2) is 0 Å². The lowest BCUT2D eigenvalue weighted by Crippen LogP contribution is -2.48. The van der Waals surface area contributed by atoms with Gasteiger partial charge in [-0.1, -0.05) is 48.5 Å². The maximum atomic E-state index is 13.0. The summed E-state index contributed by atoms with van der Waals surface area (Å²) in [4.78, 5) is 39.5. The molecule has 1 aliphatic carbocycles. The van der Waals surface area contributed by atoms with Crippen molar-refractivity contribution in [2.45, 2.75) is 43.7 Å². The summed E-state index contributed by atoms with van der Waals surface area (Å²) < 4.78 is 5.78. The Hall–Kier alpha value is -3.19. The molecule has 2 N–H and O–H groups in total. The average molecular weight is 448 g/mol. The van der Waals surface area contributed by atoms with Crippen molar-refractivity contribution in [2.75, 3.05) is 26.2 Å². The van der Waals surface area contributed by atoms with E-state index in [0.717, 1.165) is 36.9 Å². The van der Waals surface area contributed by atoms with Crippen LogP contribution >= 0.6 is 0 Å². The van der Waals surface area contributed by atoms with Gasteiger partial charge in [0, 0.05) is 12.5 Å². The highest BCUT2D eigenvalue weighted by atomic mass is 16.5. The van der Waals surface area contributed by atoms with Crippen molar-refractivity contribution in [3.8, 4) is 11.1 Å². The first-order valence-corrected chi connectivity index (χ1v) is 11.8. The fraction of sp³-hybridized carbons (Fsp3) is 0.423. The third kappa shape index (κ3) is 4.25. The fourth-order valence-corrected chi connectivity index (χ4v) is 5.31. The number of carbonyl (C=O) groups is 3. The summed E-state index contributed by atoms with van der Waals surface area (Å²) in [5, 5.41) is 5.84. The minimum Gasteiger partial charge on any atom is -0.463 e. The van der Waals surface area contributed by atoms with Crippen molar-refractivity contribution in [3.63, 3.8) is 0 Å². The van der Waals surface area contributed by atoms with E-state index in [-0.39, 0.29) is 42.9 Å². The molecule has 2 unspecified atom stereocenters. The lowest BCUT2D eigenvalue weighted by atomic mass is 9.98. The largest absolute Gasteiger partial charge is 0.463 e. The summed E-state index contributed by atoms with van der Waals surface area (Å²) in [5.41, 5.74) is 4.68. The Kier molecular flexibility index (Phi) is 6.13. The SMILES string of the molecule is O=C(NCC(=O)N1CCCC1C(=O)OCC1c2ccccc2-c2ccccc21)C1CCCN1. The van der Waals surface area contributed by atoms with E-state index in [0.29, 0.717) is 13.0 Å². The molecule has 2 amide bonds. The van der Waals surface area contributed by atoms with Crippen molar-refractivity contribution in [1.82, 2.24) is 15.5 Å². The quantitative estimate of drug-likeness (QED) is 0.663. The second-order valence-electron chi connectivity index (χ2n) is 8.97. The van der Waals surface area contributed by atoms with Gasteiger partial charge in [0.25, 0.3) is 0 Å². The summed E-state index contributed by atoms with van der Waals surface area (Å²) in [7, 11) is 0. The van der Waals surface area contributed by atoms with Crippen LogP contribution in [0.15, 0.2) is 48.5 Å². The van der Waals surface area contributed by atoms with Crippen LogP contribution in [0.25, 0.3) is 11.1 Å². The molecule has 2 aromatic rings. The molecular weight excluding hydrogens is 418 g/mol. The van der Waals surface area contributed by atoms with Gasteiger partial charge in [-0.25, -0.2) is 4.79 Å². The van der Waals surface area contributed by atoms with Crippen LogP contribution in [-0.2, 0) is 19.1 Å². The molecule has 7 nitrogen and oxygen atoms in total. The lowest BCUT2D eigenvalue weighted by Gasteiger charge is -2.24. The van der Waals surface area contributed by atoms with Crippen molar-refractivity contribution in [1.29, 1.82) is 0 Å². The topological polar surface area (TPSA) is 87.7 Å². The molecule has 0 spiro atoms. The predicted octanol–water partition coefficient (Wildman–Crippen LogP) is 2.20. The van der Waals surface area contributed by atoms with Gasteiger partial charge in [-0.15, -0.1) is 0 Å². The van der Waals surface area contributed by atoms with Crippen molar-refractivity contribution in [3.05, 3.63) is 59.7 Å². The van der Waals surface area contributed by atoms with Crippen molar-refractivity contribution >= 4 is 17.8 Å².